The van der Waals surface area contributed by atoms with Gasteiger partial charge in [0.2, 0.25) is 11.8 Å². The van der Waals surface area contributed by atoms with Gasteiger partial charge in [0.25, 0.3) is 5.91 Å². The highest BCUT2D eigenvalue weighted by Crippen LogP contribution is 2.20. The van der Waals surface area contributed by atoms with Gasteiger partial charge in [0.05, 0.1) is 17.3 Å². The van der Waals surface area contributed by atoms with Crippen molar-refractivity contribution in [3.63, 3.8) is 0 Å². The van der Waals surface area contributed by atoms with Crippen LogP contribution in [-0.4, -0.2) is 24.3 Å². The second-order valence-corrected chi connectivity index (χ2v) is 6.31. The number of hydrazine groups is 1. The smallest absolute Gasteiger partial charge is 0.262 e. The van der Waals surface area contributed by atoms with E-state index < -0.39 is 11.8 Å². The number of hydrogen-bond donors (Lipinski definition) is 3. The lowest BCUT2D eigenvalue weighted by Crippen LogP contribution is -2.41. The van der Waals surface area contributed by atoms with Crippen LogP contribution in [0.15, 0.2) is 54.6 Å². The van der Waals surface area contributed by atoms with Gasteiger partial charge in [-0.15, -0.1) is 0 Å². The largest absolute Gasteiger partial charge is 0.494 e. The van der Waals surface area contributed by atoms with Gasteiger partial charge in [-0.2, -0.15) is 0 Å². The zero-order chi connectivity index (χ0) is 21.1. The molecule has 0 aliphatic rings. The molecule has 7 nitrogen and oxygen atoms in total. The number of rotatable bonds is 8. The van der Waals surface area contributed by atoms with Crippen molar-refractivity contribution in [3.8, 4) is 5.75 Å². The van der Waals surface area contributed by atoms with Crippen molar-refractivity contribution in [3.05, 3.63) is 65.2 Å². The predicted molar refractivity (Wildman–Crippen MR) is 112 cm³/mol. The summed E-state index contributed by atoms with van der Waals surface area (Å²) in [5.74, 6) is -0.579. The van der Waals surface area contributed by atoms with Crippen molar-refractivity contribution in [1.82, 2.24) is 10.9 Å². The van der Waals surface area contributed by atoms with Gasteiger partial charge >= 0.3 is 0 Å². The zero-order valence-electron chi connectivity index (χ0n) is 15.9. The molecule has 2 rings (SSSR count). The molecule has 3 N–H and O–H groups in total. The van der Waals surface area contributed by atoms with Crippen LogP contribution in [0.3, 0.4) is 0 Å². The van der Waals surface area contributed by atoms with Gasteiger partial charge in [0.1, 0.15) is 5.75 Å². The van der Waals surface area contributed by atoms with E-state index >= 15 is 0 Å². The quantitative estimate of drug-likeness (QED) is 0.455. The molecule has 0 bridgehead atoms. The number of anilines is 1. The van der Waals surface area contributed by atoms with Gasteiger partial charge in [0, 0.05) is 18.9 Å². The van der Waals surface area contributed by atoms with E-state index in [1.807, 2.05) is 19.1 Å². The maximum absolute atomic E-state index is 11.9. The van der Waals surface area contributed by atoms with Crippen LogP contribution >= 0.6 is 11.6 Å². The summed E-state index contributed by atoms with van der Waals surface area (Å²) >= 11 is 5.96. The first-order valence-corrected chi connectivity index (χ1v) is 9.40. The van der Waals surface area contributed by atoms with Crippen LogP contribution in [-0.2, 0) is 14.4 Å². The normalized spacial score (nSPS) is 10.4. The summed E-state index contributed by atoms with van der Waals surface area (Å²) in [6.07, 6.45) is 2.77. The minimum Gasteiger partial charge on any atom is -0.494 e. The van der Waals surface area contributed by atoms with E-state index in [-0.39, 0.29) is 18.7 Å². The highest BCUT2D eigenvalue weighted by atomic mass is 35.5. The Balaban J connectivity index is 1.69. The number of halogens is 1. The average Bonchev–Trinajstić information content (AvgIpc) is 2.72. The topological polar surface area (TPSA) is 96.5 Å². The number of amides is 3. The van der Waals surface area contributed by atoms with Crippen molar-refractivity contribution < 1.29 is 19.1 Å². The van der Waals surface area contributed by atoms with Crippen LogP contribution in [0.1, 0.15) is 25.3 Å². The highest BCUT2D eigenvalue weighted by molar-refractivity contribution is 6.33. The van der Waals surface area contributed by atoms with Gasteiger partial charge < -0.3 is 10.1 Å². The Bertz CT molecular complexity index is 882. The zero-order valence-corrected chi connectivity index (χ0v) is 16.7. The van der Waals surface area contributed by atoms with Crippen LogP contribution in [0.25, 0.3) is 6.08 Å². The molecule has 0 aliphatic carbocycles. The molecule has 0 unspecified atom stereocenters. The van der Waals surface area contributed by atoms with E-state index in [2.05, 4.69) is 16.2 Å². The third kappa shape index (κ3) is 8.06. The lowest BCUT2D eigenvalue weighted by atomic mass is 10.2. The van der Waals surface area contributed by atoms with Crippen LogP contribution in [0.5, 0.6) is 5.75 Å². The summed E-state index contributed by atoms with van der Waals surface area (Å²) in [5, 5.41) is 3.04. The number of ether oxygens (including phenoxy) is 1. The fraction of sp³-hybridized carbons (Fsp3) is 0.190. The molecule has 0 saturated carbocycles. The van der Waals surface area contributed by atoms with Crippen LogP contribution in [0.4, 0.5) is 5.69 Å². The molecular weight excluding hydrogens is 394 g/mol. The summed E-state index contributed by atoms with van der Waals surface area (Å²) in [7, 11) is 0. The maximum atomic E-state index is 11.9. The number of carbonyl (C=O) groups is 3. The Kier molecular flexibility index (Phi) is 8.72. The van der Waals surface area contributed by atoms with E-state index in [9.17, 15) is 14.4 Å². The lowest BCUT2D eigenvalue weighted by Gasteiger charge is -2.07. The number of carbonyl (C=O) groups excluding carboxylic acids is 3. The molecule has 0 saturated heterocycles. The van der Waals surface area contributed by atoms with E-state index in [1.54, 1.807) is 42.5 Å². The van der Waals surface area contributed by atoms with Crippen molar-refractivity contribution in [2.45, 2.75) is 19.8 Å². The number of benzene rings is 2. The Hall–Kier alpha value is -3.32. The molecule has 152 valence electrons. The second kappa shape index (κ2) is 11.5. The molecule has 8 heteroatoms. The van der Waals surface area contributed by atoms with E-state index in [0.29, 0.717) is 17.3 Å². The fourth-order valence-corrected chi connectivity index (χ4v) is 2.43. The number of nitrogens with one attached hydrogen (secondary N) is 3. The minimum atomic E-state index is -0.493. The summed E-state index contributed by atoms with van der Waals surface area (Å²) in [6, 6.07) is 14.0. The monoisotopic (exact) mass is 415 g/mol. The second-order valence-electron chi connectivity index (χ2n) is 5.90. The Morgan fingerprint density at radius 1 is 0.966 bits per heavy atom. The van der Waals surface area contributed by atoms with Crippen LogP contribution in [0.2, 0.25) is 5.02 Å². The molecule has 0 aromatic heterocycles. The van der Waals surface area contributed by atoms with Crippen LogP contribution in [0, 0.1) is 0 Å². The summed E-state index contributed by atoms with van der Waals surface area (Å²) < 4.78 is 5.34. The van der Waals surface area contributed by atoms with Gasteiger partial charge in [-0.1, -0.05) is 35.9 Å². The molecule has 0 atom stereocenters. The minimum absolute atomic E-state index is 0.0467. The maximum Gasteiger partial charge on any atom is 0.262 e. The first kappa shape index (κ1) is 22.0. The van der Waals surface area contributed by atoms with Crippen molar-refractivity contribution in [2.24, 2.45) is 0 Å². The fourth-order valence-electron chi connectivity index (χ4n) is 2.25. The van der Waals surface area contributed by atoms with E-state index in [1.165, 1.54) is 6.08 Å². The summed E-state index contributed by atoms with van der Waals surface area (Å²) in [6.45, 7) is 2.48. The first-order chi connectivity index (χ1) is 14.0. The molecular formula is C21H22ClN3O4. The molecule has 2 aromatic carbocycles. The molecule has 0 radical (unpaired) electrons. The first-order valence-electron chi connectivity index (χ1n) is 9.02. The molecule has 0 fully saturated rings. The standard InChI is InChI=1S/C21H22ClN3O4/c1-2-29-16-10-7-15(8-11-16)9-12-20(27)24-25-21(28)14-13-19(26)23-18-6-4-3-5-17(18)22/h3-12H,2,13-14H2,1H3,(H,23,26)(H,24,27)(H,25,28)/b12-9+. The summed E-state index contributed by atoms with van der Waals surface area (Å²) in [5.41, 5.74) is 5.81. The molecule has 3 amide bonds. The van der Waals surface area contributed by atoms with Crippen LogP contribution < -0.4 is 20.9 Å². The van der Waals surface area contributed by atoms with E-state index in [0.717, 1.165) is 11.3 Å². The third-order valence-electron chi connectivity index (χ3n) is 3.67. The van der Waals surface area contributed by atoms with Gasteiger partial charge in [-0.3, -0.25) is 25.2 Å². The Morgan fingerprint density at radius 2 is 1.66 bits per heavy atom. The SMILES string of the molecule is CCOc1ccc(/C=C/C(=O)NNC(=O)CCC(=O)Nc2ccccc2Cl)cc1. The highest BCUT2D eigenvalue weighted by Gasteiger charge is 2.09. The van der Waals surface area contributed by atoms with Gasteiger partial charge in [-0.05, 0) is 42.8 Å². The van der Waals surface area contributed by atoms with Crippen molar-refractivity contribution in [1.29, 1.82) is 0 Å². The molecule has 29 heavy (non-hydrogen) atoms. The number of hydrogen-bond acceptors (Lipinski definition) is 4. The molecule has 2 aromatic rings. The molecule has 0 spiro atoms. The molecule has 0 heterocycles. The predicted octanol–water partition coefficient (Wildman–Crippen LogP) is 3.32. The van der Waals surface area contributed by atoms with Gasteiger partial charge in [0.15, 0.2) is 0 Å². The van der Waals surface area contributed by atoms with Crippen molar-refractivity contribution >= 4 is 41.1 Å². The Morgan fingerprint density at radius 3 is 2.34 bits per heavy atom. The van der Waals surface area contributed by atoms with E-state index in [4.69, 9.17) is 16.3 Å². The summed E-state index contributed by atoms with van der Waals surface area (Å²) in [4.78, 5) is 35.4. The third-order valence-corrected chi connectivity index (χ3v) is 4.00. The average molecular weight is 416 g/mol. The Labute approximate surface area is 174 Å². The van der Waals surface area contributed by atoms with Gasteiger partial charge in [-0.25, -0.2) is 0 Å². The molecule has 0 aliphatic heterocycles. The van der Waals surface area contributed by atoms with Crippen molar-refractivity contribution in [2.75, 3.05) is 11.9 Å². The number of para-hydroxylation sites is 1. The lowest BCUT2D eigenvalue weighted by molar-refractivity contribution is -0.128.